The Kier molecular flexibility index (Phi) is 4.26. The molecule has 0 aromatic carbocycles. The van der Waals surface area contributed by atoms with E-state index in [4.69, 9.17) is 16.3 Å². The van der Waals surface area contributed by atoms with Crippen LogP contribution in [0.2, 0.25) is 5.15 Å². The molecule has 0 bridgehead atoms. The Balaban J connectivity index is 1.53. The Hall–Kier alpha value is -1.40. The number of amides is 2. The van der Waals surface area contributed by atoms with Gasteiger partial charge in [0, 0.05) is 13.1 Å². The zero-order chi connectivity index (χ0) is 14.8. The molecular weight excluding hydrogens is 292 g/mol. The molecule has 3 rings (SSSR count). The Morgan fingerprint density at radius 2 is 2.24 bits per heavy atom. The van der Waals surface area contributed by atoms with E-state index in [1.165, 1.54) is 19.0 Å². The molecule has 0 radical (unpaired) electrons. The topological polar surface area (TPSA) is 67.4 Å². The Labute approximate surface area is 128 Å². The molecule has 1 N–H and O–H groups in total. The molecule has 1 aliphatic carbocycles. The van der Waals surface area contributed by atoms with Crippen molar-refractivity contribution in [1.29, 1.82) is 0 Å². The van der Waals surface area contributed by atoms with E-state index >= 15 is 0 Å². The van der Waals surface area contributed by atoms with Gasteiger partial charge in [-0.3, -0.25) is 4.98 Å². The van der Waals surface area contributed by atoms with E-state index in [1.807, 2.05) is 11.8 Å². The van der Waals surface area contributed by atoms with Gasteiger partial charge in [-0.2, -0.15) is 0 Å². The molecule has 1 saturated carbocycles. The van der Waals surface area contributed by atoms with Crippen molar-refractivity contribution in [2.45, 2.75) is 38.5 Å². The molecule has 2 atom stereocenters. The number of hydrogen-bond donors (Lipinski definition) is 1. The molecule has 0 spiro atoms. The van der Waals surface area contributed by atoms with E-state index in [0.29, 0.717) is 36.4 Å². The van der Waals surface area contributed by atoms with Gasteiger partial charge in [0.25, 0.3) is 0 Å². The lowest BCUT2D eigenvalue weighted by atomic mass is 10.1. The summed E-state index contributed by atoms with van der Waals surface area (Å²) in [5.41, 5.74) is 0.688. The molecule has 2 amide bonds. The highest BCUT2D eigenvalue weighted by Crippen LogP contribution is 2.36. The van der Waals surface area contributed by atoms with Gasteiger partial charge < -0.3 is 15.0 Å². The second kappa shape index (κ2) is 6.15. The van der Waals surface area contributed by atoms with Crippen molar-refractivity contribution < 1.29 is 9.53 Å². The number of ether oxygens (including phenoxy) is 1. The fraction of sp³-hybridized carbons (Fsp3) is 0.643. The normalized spacial score (nSPS) is 25.7. The van der Waals surface area contributed by atoms with E-state index in [0.717, 1.165) is 0 Å². The Morgan fingerprint density at radius 1 is 1.43 bits per heavy atom. The third-order valence-electron chi connectivity index (χ3n) is 3.81. The standard InChI is InChI=1S/C14H19ClN4O2/c1-9-7-19(8-12(21-9)10-2-3-10)14(20)18-5-11-4-17-13(15)6-16-11/h4,6,9-10,12H,2-3,5,7-8H2,1H3,(H,18,20). The van der Waals surface area contributed by atoms with Crippen LogP contribution in [-0.2, 0) is 11.3 Å². The van der Waals surface area contributed by atoms with Gasteiger partial charge in [0.15, 0.2) is 0 Å². The first-order chi connectivity index (χ1) is 10.1. The summed E-state index contributed by atoms with van der Waals surface area (Å²) in [6.45, 7) is 3.66. The average Bonchev–Trinajstić information content (AvgIpc) is 3.30. The van der Waals surface area contributed by atoms with Gasteiger partial charge >= 0.3 is 6.03 Å². The molecule has 1 aliphatic heterocycles. The Bertz CT molecular complexity index is 506. The highest BCUT2D eigenvalue weighted by molar-refractivity contribution is 6.29. The fourth-order valence-corrected chi connectivity index (χ4v) is 2.69. The molecule has 1 saturated heterocycles. The third-order valence-corrected chi connectivity index (χ3v) is 4.01. The monoisotopic (exact) mass is 310 g/mol. The largest absolute Gasteiger partial charge is 0.371 e. The van der Waals surface area contributed by atoms with Crippen molar-refractivity contribution in [3.63, 3.8) is 0 Å². The van der Waals surface area contributed by atoms with Gasteiger partial charge in [0.1, 0.15) is 5.15 Å². The second-order valence-electron chi connectivity index (χ2n) is 5.72. The first kappa shape index (κ1) is 14.5. The van der Waals surface area contributed by atoms with Crippen LogP contribution in [0.3, 0.4) is 0 Å². The molecule has 2 unspecified atom stereocenters. The van der Waals surface area contributed by atoms with Crippen LogP contribution in [0.5, 0.6) is 0 Å². The van der Waals surface area contributed by atoms with E-state index in [1.54, 1.807) is 6.20 Å². The van der Waals surface area contributed by atoms with Gasteiger partial charge in [-0.05, 0) is 25.7 Å². The molecule has 2 fully saturated rings. The molecular formula is C14H19ClN4O2. The molecule has 6 nitrogen and oxygen atoms in total. The minimum absolute atomic E-state index is 0.0763. The molecule has 2 heterocycles. The lowest BCUT2D eigenvalue weighted by molar-refractivity contribution is -0.0731. The third kappa shape index (κ3) is 3.83. The lowest BCUT2D eigenvalue weighted by Gasteiger charge is -2.37. The van der Waals surface area contributed by atoms with Crippen molar-refractivity contribution in [2.75, 3.05) is 13.1 Å². The number of nitrogens with zero attached hydrogens (tertiary/aromatic N) is 3. The molecule has 1 aromatic rings. The quantitative estimate of drug-likeness (QED) is 0.925. The number of aromatic nitrogens is 2. The van der Waals surface area contributed by atoms with Crippen LogP contribution in [0.25, 0.3) is 0 Å². The van der Waals surface area contributed by atoms with E-state index in [-0.39, 0.29) is 18.2 Å². The van der Waals surface area contributed by atoms with Gasteiger partial charge in [0.05, 0.1) is 36.8 Å². The van der Waals surface area contributed by atoms with Gasteiger partial charge in [-0.15, -0.1) is 0 Å². The molecule has 1 aromatic heterocycles. The van der Waals surface area contributed by atoms with Crippen LogP contribution >= 0.6 is 11.6 Å². The minimum atomic E-state index is -0.0763. The van der Waals surface area contributed by atoms with Crippen LogP contribution in [0, 0.1) is 5.92 Å². The summed E-state index contributed by atoms with van der Waals surface area (Å²) < 4.78 is 5.91. The zero-order valence-corrected chi connectivity index (χ0v) is 12.7. The lowest BCUT2D eigenvalue weighted by Crippen LogP contribution is -2.52. The highest BCUT2D eigenvalue weighted by Gasteiger charge is 2.38. The average molecular weight is 311 g/mol. The number of carbonyl (C=O) groups is 1. The number of morpholine rings is 1. The SMILES string of the molecule is CC1CN(C(=O)NCc2cnc(Cl)cn2)CC(C2CC2)O1. The predicted molar refractivity (Wildman–Crippen MR) is 77.9 cm³/mol. The van der Waals surface area contributed by atoms with E-state index in [9.17, 15) is 4.79 Å². The second-order valence-corrected chi connectivity index (χ2v) is 6.10. The van der Waals surface area contributed by atoms with E-state index in [2.05, 4.69) is 15.3 Å². The predicted octanol–water partition coefficient (Wildman–Crippen LogP) is 1.84. The summed E-state index contributed by atoms with van der Waals surface area (Å²) in [7, 11) is 0. The maximum absolute atomic E-state index is 12.3. The number of rotatable bonds is 3. The van der Waals surface area contributed by atoms with Crippen LogP contribution in [0.1, 0.15) is 25.5 Å². The number of halogens is 1. The smallest absolute Gasteiger partial charge is 0.317 e. The van der Waals surface area contributed by atoms with Gasteiger partial charge in [-0.25, -0.2) is 9.78 Å². The molecule has 21 heavy (non-hydrogen) atoms. The summed E-state index contributed by atoms with van der Waals surface area (Å²) in [5, 5.41) is 3.22. The number of carbonyl (C=O) groups excluding carboxylic acids is 1. The molecule has 7 heteroatoms. The van der Waals surface area contributed by atoms with Crippen molar-refractivity contribution >= 4 is 17.6 Å². The number of nitrogens with one attached hydrogen (secondary N) is 1. The first-order valence-electron chi connectivity index (χ1n) is 7.26. The maximum Gasteiger partial charge on any atom is 0.317 e. The van der Waals surface area contributed by atoms with Gasteiger partial charge in [-0.1, -0.05) is 11.6 Å². The number of urea groups is 1. The summed E-state index contributed by atoms with van der Waals surface area (Å²) in [6, 6.07) is -0.0763. The summed E-state index contributed by atoms with van der Waals surface area (Å²) in [6.07, 6.45) is 5.75. The van der Waals surface area contributed by atoms with Crippen molar-refractivity contribution in [3.05, 3.63) is 23.2 Å². The molecule has 114 valence electrons. The summed E-state index contributed by atoms with van der Waals surface area (Å²) in [4.78, 5) is 22.1. The van der Waals surface area contributed by atoms with Crippen LogP contribution < -0.4 is 5.32 Å². The zero-order valence-electron chi connectivity index (χ0n) is 12.0. The van der Waals surface area contributed by atoms with Crippen LogP contribution in [-0.4, -0.2) is 46.2 Å². The summed E-state index contributed by atoms with van der Waals surface area (Å²) >= 11 is 5.68. The minimum Gasteiger partial charge on any atom is -0.371 e. The Morgan fingerprint density at radius 3 is 2.90 bits per heavy atom. The fourth-order valence-electron chi connectivity index (χ4n) is 2.59. The van der Waals surface area contributed by atoms with Crippen molar-refractivity contribution in [1.82, 2.24) is 20.2 Å². The van der Waals surface area contributed by atoms with Gasteiger partial charge in [0.2, 0.25) is 0 Å². The first-order valence-corrected chi connectivity index (χ1v) is 7.64. The number of hydrogen-bond acceptors (Lipinski definition) is 4. The van der Waals surface area contributed by atoms with E-state index < -0.39 is 0 Å². The van der Waals surface area contributed by atoms with Crippen molar-refractivity contribution in [3.8, 4) is 0 Å². The van der Waals surface area contributed by atoms with Crippen LogP contribution in [0.4, 0.5) is 4.79 Å². The summed E-state index contributed by atoms with van der Waals surface area (Å²) in [5.74, 6) is 0.630. The highest BCUT2D eigenvalue weighted by atomic mass is 35.5. The maximum atomic E-state index is 12.3. The van der Waals surface area contributed by atoms with Crippen LogP contribution in [0.15, 0.2) is 12.4 Å². The van der Waals surface area contributed by atoms with Crippen molar-refractivity contribution in [2.24, 2.45) is 5.92 Å². The molecule has 2 aliphatic rings.